The number of likely N-dealkylation sites (tertiary alicyclic amines) is 1. The molecule has 21 heavy (non-hydrogen) atoms. The van der Waals surface area contributed by atoms with Crippen LogP contribution in [0.25, 0.3) is 0 Å². The van der Waals surface area contributed by atoms with Crippen molar-refractivity contribution >= 4 is 0 Å². The van der Waals surface area contributed by atoms with Crippen LogP contribution in [0, 0.1) is 0 Å². The number of piperidine rings is 1. The first-order valence-corrected chi connectivity index (χ1v) is 8.28. The first kappa shape index (κ1) is 16.5. The molecular formula is C18H30N2O. The molecule has 1 atom stereocenters. The first-order chi connectivity index (χ1) is 10.3. The summed E-state index contributed by atoms with van der Waals surface area (Å²) in [4.78, 5) is 2.55. The van der Waals surface area contributed by atoms with Gasteiger partial charge in [0.2, 0.25) is 0 Å². The number of aryl methyl sites for hydroxylation is 1. The lowest BCUT2D eigenvalue weighted by atomic mass is 10.0. The molecule has 0 aromatic heterocycles. The van der Waals surface area contributed by atoms with Gasteiger partial charge in [-0.1, -0.05) is 37.6 Å². The molecule has 2 rings (SSSR count). The Balaban J connectivity index is 1.90. The van der Waals surface area contributed by atoms with Crippen molar-refractivity contribution in [3.63, 3.8) is 0 Å². The fraction of sp³-hybridized carbons (Fsp3) is 0.667. The van der Waals surface area contributed by atoms with Crippen molar-refractivity contribution in [2.75, 3.05) is 33.8 Å². The molecule has 0 aliphatic carbocycles. The molecule has 1 aromatic rings. The molecular weight excluding hydrogens is 260 g/mol. The first-order valence-electron chi connectivity index (χ1n) is 8.28. The molecule has 1 fully saturated rings. The van der Waals surface area contributed by atoms with E-state index in [2.05, 4.69) is 48.5 Å². The normalized spacial score (nSPS) is 18.8. The van der Waals surface area contributed by atoms with E-state index in [1.807, 2.05) is 7.11 Å². The SMILES string of the molecule is CCCc1ccc(C(CN2CCC(OC)CC2)NC)cc1. The Kier molecular flexibility index (Phi) is 6.68. The minimum Gasteiger partial charge on any atom is -0.381 e. The summed E-state index contributed by atoms with van der Waals surface area (Å²) < 4.78 is 5.45. The minimum atomic E-state index is 0.416. The van der Waals surface area contributed by atoms with Gasteiger partial charge in [0.25, 0.3) is 0 Å². The summed E-state index contributed by atoms with van der Waals surface area (Å²) in [6.45, 7) is 5.60. The van der Waals surface area contributed by atoms with Crippen molar-refractivity contribution in [1.29, 1.82) is 0 Å². The standard InChI is InChI=1S/C18H30N2O/c1-4-5-15-6-8-16(9-7-15)18(19-2)14-20-12-10-17(21-3)11-13-20/h6-9,17-19H,4-5,10-14H2,1-3H3. The van der Waals surface area contributed by atoms with Crippen molar-refractivity contribution in [2.24, 2.45) is 0 Å². The second kappa shape index (κ2) is 8.52. The van der Waals surface area contributed by atoms with Gasteiger partial charge in [-0.05, 0) is 37.4 Å². The molecule has 118 valence electrons. The van der Waals surface area contributed by atoms with Crippen LogP contribution in [0.3, 0.4) is 0 Å². The highest BCUT2D eigenvalue weighted by atomic mass is 16.5. The highest BCUT2D eigenvalue weighted by molar-refractivity contribution is 5.25. The summed E-state index contributed by atoms with van der Waals surface area (Å²) in [7, 11) is 3.89. The maximum Gasteiger partial charge on any atom is 0.0595 e. The van der Waals surface area contributed by atoms with Crippen LogP contribution in [0.4, 0.5) is 0 Å². The number of likely N-dealkylation sites (N-methyl/N-ethyl adjacent to an activating group) is 1. The molecule has 1 unspecified atom stereocenters. The van der Waals surface area contributed by atoms with Gasteiger partial charge in [0, 0.05) is 32.8 Å². The largest absolute Gasteiger partial charge is 0.381 e. The Labute approximate surface area is 129 Å². The molecule has 0 radical (unpaired) electrons. The maximum atomic E-state index is 5.45. The van der Waals surface area contributed by atoms with Crippen LogP contribution in [0.1, 0.15) is 43.4 Å². The van der Waals surface area contributed by atoms with Crippen LogP contribution < -0.4 is 5.32 Å². The van der Waals surface area contributed by atoms with E-state index in [0.29, 0.717) is 12.1 Å². The van der Waals surface area contributed by atoms with Crippen molar-refractivity contribution < 1.29 is 4.74 Å². The van der Waals surface area contributed by atoms with Crippen LogP contribution in [-0.4, -0.2) is 44.8 Å². The van der Waals surface area contributed by atoms with E-state index in [-0.39, 0.29) is 0 Å². The van der Waals surface area contributed by atoms with Gasteiger partial charge >= 0.3 is 0 Å². The Hall–Kier alpha value is -0.900. The monoisotopic (exact) mass is 290 g/mol. The highest BCUT2D eigenvalue weighted by Gasteiger charge is 2.21. The zero-order valence-corrected chi connectivity index (χ0v) is 13.8. The molecule has 0 bridgehead atoms. The number of benzene rings is 1. The Morgan fingerprint density at radius 1 is 1.24 bits per heavy atom. The van der Waals surface area contributed by atoms with Gasteiger partial charge in [-0.2, -0.15) is 0 Å². The fourth-order valence-electron chi connectivity index (χ4n) is 3.15. The quantitative estimate of drug-likeness (QED) is 0.835. The van der Waals surface area contributed by atoms with Gasteiger partial charge in [0.15, 0.2) is 0 Å². The van der Waals surface area contributed by atoms with E-state index in [9.17, 15) is 0 Å². The molecule has 1 aromatic carbocycles. The molecule has 1 heterocycles. The smallest absolute Gasteiger partial charge is 0.0595 e. The van der Waals surface area contributed by atoms with E-state index in [4.69, 9.17) is 4.74 Å². The van der Waals surface area contributed by atoms with E-state index in [1.165, 1.54) is 24.0 Å². The molecule has 3 nitrogen and oxygen atoms in total. The molecule has 1 aliphatic heterocycles. The zero-order valence-electron chi connectivity index (χ0n) is 13.8. The van der Waals surface area contributed by atoms with Crippen LogP contribution in [0.2, 0.25) is 0 Å². The Morgan fingerprint density at radius 2 is 1.90 bits per heavy atom. The average Bonchev–Trinajstić information content (AvgIpc) is 2.54. The molecule has 0 spiro atoms. The lowest BCUT2D eigenvalue weighted by Crippen LogP contribution is -2.41. The molecule has 0 amide bonds. The summed E-state index contributed by atoms with van der Waals surface area (Å²) in [6.07, 6.45) is 5.16. The van der Waals surface area contributed by atoms with Gasteiger partial charge in [-0.3, -0.25) is 0 Å². The van der Waals surface area contributed by atoms with Gasteiger partial charge in [-0.25, -0.2) is 0 Å². The molecule has 3 heteroatoms. The third kappa shape index (κ3) is 4.80. The number of rotatable bonds is 7. The topological polar surface area (TPSA) is 24.5 Å². The minimum absolute atomic E-state index is 0.416. The summed E-state index contributed by atoms with van der Waals surface area (Å²) in [5.41, 5.74) is 2.84. The fourth-order valence-corrected chi connectivity index (χ4v) is 3.15. The predicted molar refractivity (Wildman–Crippen MR) is 88.7 cm³/mol. The third-order valence-electron chi connectivity index (χ3n) is 4.58. The lowest BCUT2D eigenvalue weighted by Gasteiger charge is -2.33. The Morgan fingerprint density at radius 3 is 2.43 bits per heavy atom. The maximum absolute atomic E-state index is 5.45. The number of hydrogen-bond acceptors (Lipinski definition) is 3. The second-order valence-electron chi connectivity index (χ2n) is 6.07. The zero-order chi connectivity index (χ0) is 15.1. The van der Waals surface area contributed by atoms with Crippen molar-refractivity contribution in [1.82, 2.24) is 10.2 Å². The molecule has 1 N–H and O–H groups in total. The van der Waals surface area contributed by atoms with Crippen molar-refractivity contribution in [3.8, 4) is 0 Å². The van der Waals surface area contributed by atoms with Gasteiger partial charge in [0.05, 0.1) is 6.10 Å². The summed E-state index contributed by atoms with van der Waals surface area (Å²) in [6, 6.07) is 9.54. The average molecular weight is 290 g/mol. The predicted octanol–water partition coefficient (Wildman–Crippen LogP) is 3.01. The van der Waals surface area contributed by atoms with Crippen molar-refractivity contribution in [2.45, 2.75) is 44.8 Å². The van der Waals surface area contributed by atoms with Crippen LogP contribution >= 0.6 is 0 Å². The van der Waals surface area contributed by atoms with E-state index < -0.39 is 0 Å². The third-order valence-corrected chi connectivity index (χ3v) is 4.58. The Bertz CT molecular complexity index is 396. The number of hydrogen-bond donors (Lipinski definition) is 1. The number of methoxy groups -OCH3 is 1. The highest BCUT2D eigenvalue weighted by Crippen LogP contribution is 2.19. The molecule has 0 saturated carbocycles. The van der Waals surface area contributed by atoms with E-state index >= 15 is 0 Å². The van der Waals surface area contributed by atoms with E-state index in [0.717, 1.165) is 32.5 Å². The van der Waals surface area contributed by atoms with E-state index in [1.54, 1.807) is 0 Å². The summed E-state index contributed by atoms with van der Waals surface area (Å²) in [5, 5.41) is 3.47. The lowest BCUT2D eigenvalue weighted by molar-refractivity contribution is 0.0386. The summed E-state index contributed by atoms with van der Waals surface area (Å²) in [5.74, 6) is 0. The molecule has 1 aliphatic rings. The van der Waals surface area contributed by atoms with Gasteiger partial charge in [-0.15, -0.1) is 0 Å². The van der Waals surface area contributed by atoms with Gasteiger partial charge in [0.1, 0.15) is 0 Å². The van der Waals surface area contributed by atoms with Crippen LogP contribution in [0.5, 0.6) is 0 Å². The number of nitrogens with zero attached hydrogens (tertiary/aromatic N) is 1. The second-order valence-corrected chi connectivity index (χ2v) is 6.07. The van der Waals surface area contributed by atoms with Crippen molar-refractivity contribution in [3.05, 3.63) is 35.4 Å². The van der Waals surface area contributed by atoms with Crippen LogP contribution in [0.15, 0.2) is 24.3 Å². The summed E-state index contributed by atoms with van der Waals surface area (Å²) >= 11 is 0. The number of nitrogens with one attached hydrogen (secondary N) is 1. The van der Waals surface area contributed by atoms with Crippen LogP contribution in [-0.2, 0) is 11.2 Å². The molecule has 1 saturated heterocycles. The van der Waals surface area contributed by atoms with Gasteiger partial charge < -0.3 is 15.0 Å². The number of ether oxygens (including phenoxy) is 1.